The van der Waals surface area contributed by atoms with Crippen molar-refractivity contribution in [1.29, 1.82) is 0 Å². The first kappa shape index (κ1) is 10.7. The quantitative estimate of drug-likeness (QED) is 0.509. The molecule has 2 aromatic heterocycles. The molecule has 3 rings (SSSR count). The molecule has 0 fully saturated rings. The van der Waals surface area contributed by atoms with Crippen LogP contribution in [0.15, 0.2) is 47.0 Å². The highest BCUT2D eigenvalue weighted by Crippen LogP contribution is 2.27. The third-order valence-electron chi connectivity index (χ3n) is 2.70. The minimum atomic E-state index is -0.773. The Morgan fingerprint density at radius 1 is 1.22 bits per heavy atom. The van der Waals surface area contributed by atoms with Gasteiger partial charge in [0, 0.05) is 17.1 Å². The zero-order valence-corrected chi connectivity index (χ0v) is 9.26. The van der Waals surface area contributed by atoms with Crippen molar-refractivity contribution in [3.63, 3.8) is 0 Å². The molecule has 2 heterocycles. The van der Waals surface area contributed by atoms with Crippen molar-refractivity contribution in [3.8, 4) is 11.3 Å². The number of hydrogen-bond acceptors (Lipinski definition) is 3. The molecule has 0 aliphatic rings. The fraction of sp³-hybridized carbons (Fsp3) is 0. The van der Waals surface area contributed by atoms with Gasteiger partial charge in [-0.05, 0) is 18.2 Å². The lowest BCUT2D eigenvalue weighted by atomic mass is 10.1. The van der Waals surface area contributed by atoms with E-state index in [0.29, 0.717) is 17.6 Å². The normalized spacial score (nSPS) is 10.7. The average molecular weight is 241 g/mol. The van der Waals surface area contributed by atoms with Gasteiger partial charge in [0.2, 0.25) is 5.95 Å². The first-order valence-electron chi connectivity index (χ1n) is 5.37. The summed E-state index contributed by atoms with van der Waals surface area (Å²) in [5.74, 6) is -0.211. The summed E-state index contributed by atoms with van der Waals surface area (Å²) in [6.45, 7) is 0. The summed E-state index contributed by atoms with van der Waals surface area (Å²) in [5, 5.41) is 0.949. The number of halogens is 1. The molecule has 0 saturated carbocycles. The number of fused-ring (bicyclic) bond motifs is 1. The van der Waals surface area contributed by atoms with Gasteiger partial charge in [-0.1, -0.05) is 18.2 Å². The van der Waals surface area contributed by atoms with Gasteiger partial charge >= 0.3 is 0 Å². The van der Waals surface area contributed by atoms with E-state index in [9.17, 15) is 9.18 Å². The lowest BCUT2D eigenvalue weighted by molar-refractivity contribution is 0.111. The third-order valence-corrected chi connectivity index (χ3v) is 2.70. The van der Waals surface area contributed by atoms with E-state index in [-0.39, 0.29) is 5.56 Å². The van der Waals surface area contributed by atoms with Gasteiger partial charge in [0.1, 0.15) is 11.3 Å². The molecule has 3 nitrogen and oxygen atoms in total. The fourth-order valence-corrected chi connectivity index (χ4v) is 1.81. The lowest BCUT2D eigenvalue weighted by Gasteiger charge is -1.98. The molecule has 0 aliphatic carbocycles. The van der Waals surface area contributed by atoms with E-state index in [1.807, 2.05) is 30.3 Å². The van der Waals surface area contributed by atoms with E-state index in [1.165, 1.54) is 12.3 Å². The van der Waals surface area contributed by atoms with Crippen LogP contribution in [0.4, 0.5) is 4.39 Å². The molecule has 4 heteroatoms. The fourth-order valence-electron chi connectivity index (χ4n) is 1.81. The van der Waals surface area contributed by atoms with Crippen molar-refractivity contribution in [2.45, 2.75) is 0 Å². The molecule has 1 aromatic carbocycles. The van der Waals surface area contributed by atoms with Crippen molar-refractivity contribution in [1.82, 2.24) is 4.98 Å². The Balaban J connectivity index is 2.16. The van der Waals surface area contributed by atoms with Crippen molar-refractivity contribution in [3.05, 3.63) is 54.1 Å². The Hall–Kier alpha value is -2.49. The number of nitrogens with zero attached hydrogens (tertiary/aromatic N) is 1. The first-order valence-corrected chi connectivity index (χ1v) is 5.37. The molecule has 3 aromatic rings. The van der Waals surface area contributed by atoms with E-state index in [1.54, 1.807) is 0 Å². The van der Waals surface area contributed by atoms with Crippen molar-refractivity contribution in [2.24, 2.45) is 0 Å². The van der Waals surface area contributed by atoms with Crippen molar-refractivity contribution in [2.75, 3.05) is 0 Å². The summed E-state index contributed by atoms with van der Waals surface area (Å²) in [6.07, 6.45) is 1.79. The Bertz CT molecular complexity index is 700. The highest BCUT2D eigenvalue weighted by atomic mass is 19.1. The summed E-state index contributed by atoms with van der Waals surface area (Å²) >= 11 is 0. The second-order valence-corrected chi connectivity index (χ2v) is 3.87. The van der Waals surface area contributed by atoms with Crippen LogP contribution in [0.1, 0.15) is 10.4 Å². The summed E-state index contributed by atoms with van der Waals surface area (Å²) in [7, 11) is 0. The number of aromatic nitrogens is 1. The molecule has 0 unspecified atom stereocenters. The molecule has 0 N–H and O–H groups in total. The number of aldehydes is 1. The number of benzene rings is 1. The number of rotatable bonds is 2. The van der Waals surface area contributed by atoms with Crippen LogP contribution in [0.2, 0.25) is 0 Å². The summed E-state index contributed by atoms with van der Waals surface area (Å²) in [6, 6.07) is 10.8. The van der Waals surface area contributed by atoms with E-state index < -0.39 is 5.95 Å². The van der Waals surface area contributed by atoms with Crippen LogP contribution in [0.3, 0.4) is 0 Å². The number of pyridine rings is 1. The smallest absolute Gasteiger partial charge is 0.223 e. The standard InChI is InChI=1S/C14H8FNO2/c15-14-11(8-17)5-10(7-16-14)13-6-9-3-1-2-4-12(9)18-13/h1-8H. The van der Waals surface area contributed by atoms with Crippen LogP contribution >= 0.6 is 0 Å². The van der Waals surface area contributed by atoms with E-state index in [4.69, 9.17) is 4.42 Å². The van der Waals surface area contributed by atoms with Crippen molar-refractivity contribution >= 4 is 17.3 Å². The molecule has 0 atom stereocenters. The molecule has 0 spiro atoms. The van der Waals surface area contributed by atoms with Gasteiger partial charge < -0.3 is 4.42 Å². The third kappa shape index (κ3) is 1.68. The van der Waals surface area contributed by atoms with Crippen LogP contribution in [0.25, 0.3) is 22.3 Å². The predicted octanol–water partition coefficient (Wildman–Crippen LogP) is 3.45. The Kier molecular flexibility index (Phi) is 2.41. The Morgan fingerprint density at radius 3 is 2.83 bits per heavy atom. The topological polar surface area (TPSA) is 43.1 Å². The minimum Gasteiger partial charge on any atom is -0.456 e. The van der Waals surface area contributed by atoms with Crippen molar-refractivity contribution < 1.29 is 13.6 Å². The average Bonchev–Trinajstić information content (AvgIpc) is 2.83. The van der Waals surface area contributed by atoms with Gasteiger partial charge in [-0.2, -0.15) is 4.39 Å². The van der Waals surface area contributed by atoms with Gasteiger partial charge in [0.15, 0.2) is 6.29 Å². The van der Waals surface area contributed by atoms with Crippen LogP contribution in [-0.4, -0.2) is 11.3 Å². The van der Waals surface area contributed by atoms with Crippen LogP contribution in [0, 0.1) is 5.95 Å². The molecule has 18 heavy (non-hydrogen) atoms. The number of furan rings is 1. The monoisotopic (exact) mass is 241 g/mol. The second kappa shape index (κ2) is 4.07. The zero-order chi connectivity index (χ0) is 12.5. The molecule has 0 bridgehead atoms. The van der Waals surface area contributed by atoms with Gasteiger partial charge in [-0.15, -0.1) is 0 Å². The number of carbonyl (C=O) groups is 1. The number of hydrogen-bond donors (Lipinski definition) is 0. The van der Waals surface area contributed by atoms with E-state index in [2.05, 4.69) is 4.98 Å². The molecule has 0 amide bonds. The lowest BCUT2D eigenvalue weighted by Crippen LogP contribution is -1.92. The van der Waals surface area contributed by atoms with Crippen LogP contribution in [-0.2, 0) is 0 Å². The molecular formula is C14H8FNO2. The molecular weight excluding hydrogens is 233 g/mol. The van der Waals surface area contributed by atoms with Crippen LogP contribution < -0.4 is 0 Å². The highest BCUT2D eigenvalue weighted by molar-refractivity contribution is 5.84. The van der Waals surface area contributed by atoms with Crippen LogP contribution in [0.5, 0.6) is 0 Å². The minimum absolute atomic E-state index is 0.0760. The Morgan fingerprint density at radius 2 is 2.06 bits per heavy atom. The number of carbonyl (C=O) groups excluding carboxylic acids is 1. The van der Waals surface area contributed by atoms with Gasteiger partial charge in [-0.25, -0.2) is 4.98 Å². The van der Waals surface area contributed by atoms with E-state index in [0.717, 1.165) is 11.0 Å². The molecule has 0 aliphatic heterocycles. The summed E-state index contributed by atoms with van der Waals surface area (Å²) in [4.78, 5) is 14.2. The zero-order valence-electron chi connectivity index (χ0n) is 9.26. The highest BCUT2D eigenvalue weighted by Gasteiger charge is 2.09. The maximum atomic E-state index is 13.1. The maximum absolute atomic E-state index is 13.1. The molecule has 0 saturated heterocycles. The second-order valence-electron chi connectivity index (χ2n) is 3.87. The predicted molar refractivity (Wildman–Crippen MR) is 64.8 cm³/mol. The number of para-hydroxylation sites is 1. The van der Waals surface area contributed by atoms with Gasteiger partial charge in [0.25, 0.3) is 0 Å². The maximum Gasteiger partial charge on any atom is 0.223 e. The molecule has 0 radical (unpaired) electrons. The van der Waals surface area contributed by atoms with Gasteiger partial charge in [0.05, 0.1) is 5.56 Å². The Labute approximate surface area is 102 Å². The molecule has 88 valence electrons. The first-order chi connectivity index (χ1) is 8.78. The largest absolute Gasteiger partial charge is 0.456 e. The summed E-state index contributed by atoms with van der Waals surface area (Å²) in [5.41, 5.74) is 1.24. The summed E-state index contributed by atoms with van der Waals surface area (Å²) < 4.78 is 18.7. The van der Waals surface area contributed by atoms with Gasteiger partial charge in [-0.3, -0.25) is 4.79 Å². The van der Waals surface area contributed by atoms with E-state index >= 15 is 0 Å². The SMILES string of the molecule is O=Cc1cc(-c2cc3ccccc3o2)cnc1F.